The molecule has 1 aromatic carbocycles. The van der Waals surface area contributed by atoms with Crippen molar-refractivity contribution in [2.24, 2.45) is 0 Å². The van der Waals surface area contributed by atoms with Gasteiger partial charge in [-0.1, -0.05) is 18.2 Å². The molecule has 0 fully saturated rings. The number of aromatic nitrogens is 3. The van der Waals surface area contributed by atoms with E-state index in [-0.39, 0.29) is 18.4 Å². The fourth-order valence-corrected chi connectivity index (χ4v) is 3.23. The van der Waals surface area contributed by atoms with Gasteiger partial charge in [0.2, 0.25) is 5.91 Å². The summed E-state index contributed by atoms with van der Waals surface area (Å²) in [6.07, 6.45) is 2.53. The maximum Gasteiger partial charge on any atom is 0.251 e. The van der Waals surface area contributed by atoms with Crippen molar-refractivity contribution in [3.05, 3.63) is 65.1 Å². The quantitative estimate of drug-likeness (QED) is 0.774. The van der Waals surface area contributed by atoms with Crippen LogP contribution in [0.1, 0.15) is 27.3 Å². The number of hydrogen-bond acceptors (Lipinski definition) is 4. The smallest absolute Gasteiger partial charge is 0.251 e. The third-order valence-electron chi connectivity index (χ3n) is 4.56. The minimum absolute atomic E-state index is 0.0143. The molecule has 0 radical (unpaired) electrons. The van der Waals surface area contributed by atoms with Gasteiger partial charge in [-0.3, -0.25) is 9.59 Å². The topological polar surface area (TPSA) is 79.6 Å². The van der Waals surface area contributed by atoms with Gasteiger partial charge >= 0.3 is 0 Å². The summed E-state index contributed by atoms with van der Waals surface area (Å²) in [6, 6.07) is 10.8. The first-order valence-corrected chi connectivity index (χ1v) is 8.56. The molecule has 1 N–H and O–H groups in total. The molecule has 0 bridgehead atoms. The summed E-state index contributed by atoms with van der Waals surface area (Å²) in [7, 11) is 0. The predicted molar refractivity (Wildman–Crippen MR) is 95.6 cm³/mol. The zero-order valence-electron chi connectivity index (χ0n) is 14.5. The fourth-order valence-electron chi connectivity index (χ4n) is 3.23. The predicted octanol–water partition coefficient (Wildman–Crippen LogP) is 1.35. The summed E-state index contributed by atoms with van der Waals surface area (Å²) >= 11 is 0. The first-order valence-electron chi connectivity index (χ1n) is 8.56. The number of nitrogens with zero attached hydrogens (tertiary/aromatic N) is 4. The molecule has 7 nitrogen and oxygen atoms in total. The lowest BCUT2D eigenvalue weighted by Gasteiger charge is -2.28. The van der Waals surface area contributed by atoms with Crippen LogP contribution in [0.15, 0.2) is 42.6 Å². The fraction of sp³-hybridized carbons (Fsp3) is 0.263. The molecule has 0 spiro atoms. The van der Waals surface area contributed by atoms with Crippen LogP contribution in [0.3, 0.4) is 0 Å². The normalized spacial score (nSPS) is 13.5. The zero-order valence-corrected chi connectivity index (χ0v) is 14.5. The number of carbonyl (C=O) groups excluding carboxylic acids is 2. The number of rotatable bonds is 3. The molecule has 3 heterocycles. The second kappa shape index (κ2) is 6.59. The Balaban J connectivity index is 1.43. The van der Waals surface area contributed by atoms with Crippen molar-refractivity contribution in [1.82, 2.24) is 24.8 Å². The van der Waals surface area contributed by atoms with Crippen LogP contribution in [0, 0.1) is 6.92 Å². The van der Waals surface area contributed by atoms with E-state index in [2.05, 4.69) is 15.4 Å². The molecule has 132 valence electrons. The van der Waals surface area contributed by atoms with E-state index in [4.69, 9.17) is 0 Å². The van der Waals surface area contributed by atoms with Gasteiger partial charge < -0.3 is 10.2 Å². The second-order valence-electron chi connectivity index (χ2n) is 6.40. The third-order valence-corrected chi connectivity index (χ3v) is 4.56. The van der Waals surface area contributed by atoms with Crippen LogP contribution in [0.2, 0.25) is 0 Å². The summed E-state index contributed by atoms with van der Waals surface area (Å²) < 4.78 is 1.86. The van der Waals surface area contributed by atoms with Crippen LogP contribution in [0.25, 0.3) is 5.65 Å². The van der Waals surface area contributed by atoms with E-state index < -0.39 is 0 Å². The molecule has 0 aliphatic carbocycles. The highest BCUT2D eigenvalue weighted by Crippen LogP contribution is 2.19. The molecular formula is C19H19N5O2. The Morgan fingerprint density at radius 1 is 1.23 bits per heavy atom. The summed E-state index contributed by atoms with van der Waals surface area (Å²) in [5, 5.41) is 7.17. The Morgan fingerprint density at radius 2 is 2.04 bits per heavy atom. The van der Waals surface area contributed by atoms with Gasteiger partial charge in [-0.25, -0.2) is 9.50 Å². The van der Waals surface area contributed by atoms with Gasteiger partial charge in [0, 0.05) is 42.9 Å². The SMILES string of the molecule is Cc1cc2ncc3c(n2n1)CCN(C(=O)CNC(=O)c1ccccc1)C3. The third kappa shape index (κ3) is 3.03. The second-order valence-corrected chi connectivity index (χ2v) is 6.40. The summed E-state index contributed by atoms with van der Waals surface area (Å²) in [4.78, 5) is 30.7. The van der Waals surface area contributed by atoms with Gasteiger partial charge in [0.25, 0.3) is 5.91 Å². The van der Waals surface area contributed by atoms with Crippen molar-refractivity contribution >= 4 is 17.5 Å². The van der Waals surface area contributed by atoms with Crippen LogP contribution < -0.4 is 5.32 Å². The van der Waals surface area contributed by atoms with Crippen molar-refractivity contribution in [3.63, 3.8) is 0 Å². The standard InChI is InChI=1S/C19H19N5O2/c1-13-9-17-20-10-15-12-23(8-7-16(15)24(17)22-13)18(25)11-21-19(26)14-5-3-2-4-6-14/h2-6,9-10H,7-8,11-12H2,1H3,(H,21,26). The number of fused-ring (bicyclic) bond motifs is 3. The number of hydrogen-bond donors (Lipinski definition) is 1. The molecule has 0 atom stereocenters. The molecule has 1 aliphatic rings. The average molecular weight is 349 g/mol. The van der Waals surface area contributed by atoms with Gasteiger partial charge in [0.1, 0.15) is 0 Å². The van der Waals surface area contributed by atoms with Crippen molar-refractivity contribution in [1.29, 1.82) is 0 Å². The summed E-state index contributed by atoms with van der Waals surface area (Å²) in [6.45, 7) is 3.01. The van der Waals surface area contributed by atoms with Gasteiger partial charge in [0.05, 0.1) is 17.9 Å². The van der Waals surface area contributed by atoms with Crippen molar-refractivity contribution in [2.45, 2.75) is 19.9 Å². The lowest BCUT2D eigenvalue weighted by molar-refractivity contribution is -0.131. The largest absolute Gasteiger partial charge is 0.343 e. The van der Waals surface area contributed by atoms with Crippen molar-refractivity contribution < 1.29 is 9.59 Å². The molecule has 3 aromatic rings. The highest BCUT2D eigenvalue weighted by atomic mass is 16.2. The first-order chi connectivity index (χ1) is 12.6. The number of benzene rings is 1. The maximum absolute atomic E-state index is 12.5. The molecule has 7 heteroatoms. The van der Waals surface area contributed by atoms with Crippen LogP contribution in [-0.2, 0) is 17.8 Å². The van der Waals surface area contributed by atoms with Gasteiger partial charge in [-0.15, -0.1) is 0 Å². The maximum atomic E-state index is 12.5. The Kier molecular flexibility index (Phi) is 4.12. The first kappa shape index (κ1) is 16.3. The minimum Gasteiger partial charge on any atom is -0.343 e. The number of nitrogens with one attached hydrogen (secondary N) is 1. The van der Waals surface area contributed by atoms with E-state index in [0.717, 1.165) is 22.6 Å². The molecule has 26 heavy (non-hydrogen) atoms. The number of aryl methyl sites for hydroxylation is 1. The summed E-state index contributed by atoms with van der Waals surface area (Å²) in [5.41, 5.74) is 4.39. The molecule has 0 saturated heterocycles. The van der Waals surface area contributed by atoms with Crippen LogP contribution in [-0.4, -0.2) is 44.4 Å². The van der Waals surface area contributed by atoms with Crippen molar-refractivity contribution in [3.8, 4) is 0 Å². The monoisotopic (exact) mass is 349 g/mol. The molecule has 2 aromatic heterocycles. The summed E-state index contributed by atoms with van der Waals surface area (Å²) in [5.74, 6) is -0.344. The van der Waals surface area contributed by atoms with Crippen molar-refractivity contribution in [2.75, 3.05) is 13.1 Å². The lowest BCUT2D eigenvalue weighted by atomic mass is 10.1. The van der Waals surface area contributed by atoms with E-state index in [1.54, 1.807) is 29.2 Å². The van der Waals surface area contributed by atoms with Gasteiger partial charge in [0.15, 0.2) is 5.65 Å². The molecule has 0 unspecified atom stereocenters. The Hall–Kier alpha value is -3.22. The van der Waals surface area contributed by atoms with Crippen LogP contribution in [0.5, 0.6) is 0 Å². The average Bonchev–Trinajstić information content (AvgIpc) is 3.06. The minimum atomic E-state index is -0.244. The number of amides is 2. The zero-order chi connectivity index (χ0) is 18.1. The Bertz CT molecular complexity index is 980. The molecule has 1 aliphatic heterocycles. The van der Waals surface area contributed by atoms with Crippen LogP contribution >= 0.6 is 0 Å². The Morgan fingerprint density at radius 3 is 2.85 bits per heavy atom. The molecule has 2 amide bonds. The highest BCUT2D eigenvalue weighted by molar-refractivity contribution is 5.96. The molecule has 4 rings (SSSR count). The number of carbonyl (C=O) groups is 2. The van der Waals surface area contributed by atoms with Gasteiger partial charge in [-0.2, -0.15) is 5.10 Å². The van der Waals surface area contributed by atoms with E-state index >= 15 is 0 Å². The lowest BCUT2D eigenvalue weighted by Crippen LogP contribution is -2.43. The molecule has 0 saturated carbocycles. The highest BCUT2D eigenvalue weighted by Gasteiger charge is 2.23. The van der Waals surface area contributed by atoms with E-state index in [1.165, 1.54) is 0 Å². The van der Waals surface area contributed by atoms with Crippen LogP contribution in [0.4, 0.5) is 0 Å². The van der Waals surface area contributed by atoms with Gasteiger partial charge in [-0.05, 0) is 19.1 Å². The van der Waals surface area contributed by atoms with E-state index in [1.807, 2.05) is 29.8 Å². The van der Waals surface area contributed by atoms with E-state index in [0.29, 0.717) is 25.1 Å². The Labute approximate surface area is 150 Å². The van der Waals surface area contributed by atoms with E-state index in [9.17, 15) is 9.59 Å². The molecular weight excluding hydrogens is 330 g/mol.